The maximum absolute atomic E-state index is 10.6. The van der Waals surface area contributed by atoms with Crippen molar-refractivity contribution in [1.82, 2.24) is 30.0 Å². The van der Waals surface area contributed by atoms with Gasteiger partial charge in [0.25, 0.3) is 0 Å². The first kappa shape index (κ1) is 17.0. The minimum atomic E-state index is -1.14. The molecule has 0 amide bonds. The van der Waals surface area contributed by atoms with Crippen LogP contribution in [0, 0.1) is 5.92 Å². The molecule has 0 bridgehead atoms. The van der Waals surface area contributed by atoms with Crippen molar-refractivity contribution in [3.8, 4) is 0 Å². The summed E-state index contributed by atoms with van der Waals surface area (Å²) in [7, 11) is 1.63. The van der Waals surface area contributed by atoms with Gasteiger partial charge in [-0.15, -0.1) is 0 Å². The lowest BCUT2D eigenvalue weighted by Gasteiger charge is -2.45. The van der Waals surface area contributed by atoms with Crippen LogP contribution in [0.1, 0.15) is 26.5 Å². The van der Waals surface area contributed by atoms with Gasteiger partial charge in [-0.1, -0.05) is 13.8 Å². The number of hydrogen-bond donors (Lipinski definition) is 4. The van der Waals surface area contributed by atoms with Gasteiger partial charge in [-0.2, -0.15) is 5.01 Å². The number of ether oxygens (including phenoxy) is 1. The lowest BCUT2D eigenvalue weighted by Crippen LogP contribution is -2.62. The maximum Gasteiger partial charge on any atom is 0.178 e. The van der Waals surface area contributed by atoms with Crippen molar-refractivity contribution in [3.05, 3.63) is 12.7 Å². The second-order valence-electron chi connectivity index (χ2n) is 6.24. The van der Waals surface area contributed by atoms with Crippen LogP contribution >= 0.6 is 0 Å². The molecule has 0 spiro atoms. The molecule has 5 N–H and O–H groups in total. The molecule has 10 nitrogen and oxygen atoms in total. The Morgan fingerprint density at radius 3 is 2.71 bits per heavy atom. The highest BCUT2D eigenvalue weighted by molar-refractivity contribution is 5.81. The van der Waals surface area contributed by atoms with Gasteiger partial charge in [-0.05, 0) is 19.4 Å². The maximum atomic E-state index is 10.6. The summed E-state index contributed by atoms with van der Waals surface area (Å²) in [6.07, 6.45) is 0.0707. The Hall–Kier alpha value is -1.85. The molecule has 2 aromatic rings. The van der Waals surface area contributed by atoms with Crippen LogP contribution in [0.5, 0.6) is 0 Å². The van der Waals surface area contributed by atoms with Gasteiger partial charge in [-0.3, -0.25) is 9.99 Å². The van der Waals surface area contributed by atoms with Crippen molar-refractivity contribution in [2.24, 2.45) is 5.92 Å². The quantitative estimate of drug-likeness (QED) is 0.578. The van der Waals surface area contributed by atoms with Crippen molar-refractivity contribution in [2.45, 2.75) is 45.1 Å². The molecule has 2 aromatic heterocycles. The number of hydrazine groups is 1. The first-order valence-electron chi connectivity index (χ1n) is 7.84. The molecule has 0 aliphatic carbocycles. The minimum absolute atomic E-state index is 0.258. The van der Waals surface area contributed by atoms with Crippen LogP contribution in [0.15, 0.2) is 12.7 Å². The van der Waals surface area contributed by atoms with Gasteiger partial charge in [0.05, 0.1) is 6.33 Å². The Kier molecular flexibility index (Phi) is 4.65. The van der Waals surface area contributed by atoms with E-state index in [1.165, 1.54) is 17.7 Å². The number of aliphatic hydroxyl groups excluding tert-OH is 2. The largest absolute Gasteiger partial charge is 0.382 e. The van der Waals surface area contributed by atoms with Crippen LogP contribution in [-0.2, 0) is 4.74 Å². The number of nitrogens with two attached hydrogens (primary N) is 1. The molecule has 1 saturated heterocycles. The number of morpholine rings is 1. The molecule has 1 aliphatic rings. The Morgan fingerprint density at radius 1 is 1.29 bits per heavy atom. The van der Waals surface area contributed by atoms with Crippen molar-refractivity contribution in [2.75, 3.05) is 12.8 Å². The molecule has 0 saturated carbocycles. The highest BCUT2D eigenvalue weighted by Gasteiger charge is 2.43. The van der Waals surface area contributed by atoms with Gasteiger partial charge >= 0.3 is 0 Å². The second kappa shape index (κ2) is 6.57. The summed E-state index contributed by atoms with van der Waals surface area (Å²) in [5, 5.41) is 22.4. The van der Waals surface area contributed by atoms with Crippen LogP contribution in [-0.4, -0.2) is 60.3 Å². The van der Waals surface area contributed by atoms with Crippen molar-refractivity contribution in [1.29, 1.82) is 0 Å². The van der Waals surface area contributed by atoms with Crippen molar-refractivity contribution >= 4 is 17.0 Å². The molecule has 132 valence electrons. The Labute approximate surface area is 139 Å². The number of nitrogen functional groups attached to an aromatic ring is 1. The smallest absolute Gasteiger partial charge is 0.178 e. The third-order valence-corrected chi connectivity index (χ3v) is 4.09. The van der Waals surface area contributed by atoms with E-state index in [1.807, 2.05) is 13.8 Å². The molecule has 10 heteroatoms. The summed E-state index contributed by atoms with van der Waals surface area (Å²) in [4.78, 5) is 12.3. The van der Waals surface area contributed by atoms with Gasteiger partial charge in [0.15, 0.2) is 23.9 Å². The van der Waals surface area contributed by atoms with Crippen LogP contribution in [0.3, 0.4) is 0 Å². The number of fused-ring (bicyclic) bond motifs is 1. The Balaban J connectivity index is 1.99. The normalized spacial score (nSPS) is 28.8. The topological polar surface area (TPSA) is 135 Å². The van der Waals surface area contributed by atoms with Gasteiger partial charge in [0.1, 0.15) is 24.2 Å². The number of anilines is 1. The molecule has 2 unspecified atom stereocenters. The average molecular weight is 337 g/mol. The molecule has 3 rings (SSSR count). The van der Waals surface area contributed by atoms with E-state index < -0.39 is 24.8 Å². The average Bonchev–Trinajstić information content (AvgIpc) is 2.95. The van der Waals surface area contributed by atoms with Gasteiger partial charge in [0.2, 0.25) is 0 Å². The fourth-order valence-corrected chi connectivity index (χ4v) is 2.96. The number of nitrogens with one attached hydrogen (secondary N) is 1. The first-order chi connectivity index (χ1) is 11.4. The number of nitrogens with zero attached hydrogens (tertiary/aromatic N) is 5. The number of aliphatic hydroxyl groups is 2. The standard InChI is InChI=1S/C14H23N7O3/c1-7(2)4-8-12(22)21(16-3)13(23)14(24-8)20-6-19-9-10(15)17-5-18-11(9)20/h5-8,12-14,16,22-23H,4H2,1-3H3,(H2,15,17,18)/t8-,12?,13?,14-/m1/s1. The third-order valence-electron chi connectivity index (χ3n) is 4.09. The summed E-state index contributed by atoms with van der Waals surface area (Å²) in [6.45, 7) is 4.08. The summed E-state index contributed by atoms with van der Waals surface area (Å²) in [6, 6.07) is 0. The Morgan fingerprint density at radius 2 is 2.04 bits per heavy atom. The van der Waals surface area contributed by atoms with Gasteiger partial charge in [0, 0.05) is 0 Å². The highest BCUT2D eigenvalue weighted by Crippen LogP contribution is 2.32. The van der Waals surface area contributed by atoms with E-state index in [1.54, 1.807) is 11.6 Å². The lowest BCUT2D eigenvalue weighted by atomic mass is 10.0. The fourth-order valence-electron chi connectivity index (χ4n) is 2.96. The van der Waals surface area contributed by atoms with E-state index in [0.29, 0.717) is 23.5 Å². The van der Waals surface area contributed by atoms with Crippen molar-refractivity contribution < 1.29 is 14.9 Å². The molecular weight excluding hydrogens is 314 g/mol. The molecule has 0 aromatic carbocycles. The van der Waals surface area contributed by atoms with Crippen LogP contribution in [0.25, 0.3) is 11.2 Å². The predicted molar refractivity (Wildman–Crippen MR) is 86.0 cm³/mol. The monoisotopic (exact) mass is 337 g/mol. The number of rotatable bonds is 4. The summed E-state index contributed by atoms with van der Waals surface area (Å²) in [5.41, 5.74) is 9.53. The number of hydrogen-bond acceptors (Lipinski definition) is 9. The zero-order valence-electron chi connectivity index (χ0n) is 13.9. The number of imidazole rings is 1. The minimum Gasteiger partial charge on any atom is -0.382 e. The van der Waals surface area contributed by atoms with E-state index in [0.717, 1.165) is 0 Å². The zero-order valence-corrected chi connectivity index (χ0v) is 13.9. The van der Waals surface area contributed by atoms with Gasteiger partial charge in [-0.25, -0.2) is 15.0 Å². The molecular formula is C14H23N7O3. The van der Waals surface area contributed by atoms with E-state index >= 15 is 0 Å². The summed E-state index contributed by atoms with van der Waals surface area (Å²) < 4.78 is 7.59. The molecule has 3 heterocycles. The molecule has 1 aliphatic heterocycles. The molecule has 4 atom stereocenters. The van der Waals surface area contributed by atoms with E-state index in [9.17, 15) is 10.2 Å². The van der Waals surface area contributed by atoms with E-state index in [4.69, 9.17) is 10.5 Å². The number of aromatic nitrogens is 4. The zero-order chi connectivity index (χ0) is 17.4. The first-order valence-corrected chi connectivity index (χ1v) is 7.84. The SMILES string of the molecule is CNN1C(O)[C@H](n2cnc3c(N)ncnc32)O[C@H](CC(C)C)C1O. The summed E-state index contributed by atoms with van der Waals surface area (Å²) in [5.74, 6) is 0.574. The predicted octanol–water partition coefficient (Wildman–Crippen LogP) is -0.575. The molecule has 24 heavy (non-hydrogen) atoms. The highest BCUT2D eigenvalue weighted by atomic mass is 16.6. The fraction of sp³-hybridized carbons (Fsp3) is 0.643. The van der Waals surface area contributed by atoms with Crippen LogP contribution in [0.4, 0.5) is 5.82 Å². The second-order valence-corrected chi connectivity index (χ2v) is 6.24. The molecule has 0 radical (unpaired) electrons. The third kappa shape index (κ3) is 2.82. The Bertz CT molecular complexity index is 707. The molecule has 1 fully saturated rings. The van der Waals surface area contributed by atoms with Crippen molar-refractivity contribution in [3.63, 3.8) is 0 Å². The van der Waals surface area contributed by atoms with Crippen LogP contribution in [0.2, 0.25) is 0 Å². The van der Waals surface area contributed by atoms with E-state index in [2.05, 4.69) is 20.4 Å². The van der Waals surface area contributed by atoms with Gasteiger partial charge < -0.3 is 20.7 Å². The van der Waals surface area contributed by atoms with E-state index in [-0.39, 0.29) is 5.82 Å². The lowest BCUT2D eigenvalue weighted by molar-refractivity contribution is -0.298. The summed E-state index contributed by atoms with van der Waals surface area (Å²) >= 11 is 0. The van der Waals surface area contributed by atoms with Crippen LogP contribution < -0.4 is 11.2 Å².